The minimum absolute atomic E-state index is 0.140. The average Bonchev–Trinajstić information content (AvgIpc) is 2.62. The number of ether oxygens (including phenoxy) is 2. The first-order chi connectivity index (χ1) is 12.3. The predicted molar refractivity (Wildman–Crippen MR) is 105 cm³/mol. The molecular weight excluding hydrogens is 454 g/mol. The van der Waals surface area contributed by atoms with Gasteiger partial charge in [-0.05, 0) is 46.9 Å². The van der Waals surface area contributed by atoms with Crippen LogP contribution < -0.4 is 14.8 Å². The number of rotatable bonds is 5. The maximum atomic E-state index is 13.7. The first-order valence-electron chi connectivity index (χ1n) is 7.52. The van der Waals surface area contributed by atoms with Crippen LogP contribution >= 0.6 is 22.6 Å². The largest absolute Gasteiger partial charge is 0.493 e. The summed E-state index contributed by atoms with van der Waals surface area (Å²) in [4.78, 5) is 26.3. The van der Waals surface area contributed by atoms with Crippen LogP contribution in [0.2, 0.25) is 0 Å². The molecule has 0 atom stereocenters. The number of amides is 2. The van der Waals surface area contributed by atoms with E-state index in [2.05, 4.69) is 5.32 Å². The second-order valence-electron chi connectivity index (χ2n) is 5.54. The van der Waals surface area contributed by atoms with Crippen LogP contribution in [0.5, 0.6) is 11.5 Å². The Morgan fingerprint density at radius 3 is 2.23 bits per heavy atom. The van der Waals surface area contributed by atoms with Crippen LogP contribution in [0, 0.1) is 9.39 Å². The van der Waals surface area contributed by atoms with E-state index >= 15 is 0 Å². The molecule has 8 heteroatoms. The lowest BCUT2D eigenvalue weighted by atomic mass is 10.1. The van der Waals surface area contributed by atoms with Crippen molar-refractivity contribution in [2.75, 3.05) is 33.6 Å². The third kappa shape index (κ3) is 4.24. The summed E-state index contributed by atoms with van der Waals surface area (Å²) >= 11 is 1.84. The third-order valence-corrected chi connectivity index (χ3v) is 4.47. The van der Waals surface area contributed by atoms with Gasteiger partial charge in [0.2, 0.25) is 0 Å². The molecule has 2 aromatic rings. The number of carbonyl (C=O) groups is 2. The lowest BCUT2D eigenvalue weighted by Crippen LogP contribution is -2.24. The fourth-order valence-corrected chi connectivity index (χ4v) is 2.57. The number of benzene rings is 2. The van der Waals surface area contributed by atoms with Gasteiger partial charge in [0.05, 0.1) is 25.5 Å². The molecule has 0 radical (unpaired) electrons. The lowest BCUT2D eigenvalue weighted by Gasteiger charge is -2.18. The first kappa shape index (κ1) is 20.0. The van der Waals surface area contributed by atoms with E-state index in [0.717, 1.165) is 6.07 Å². The van der Waals surface area contributed by atoms with E-state index in [0.29, 0.717) is 15.1 Å². The summed E-state index contributed by atoms with van der Waals surface area (Å²) in [6.45, 7) is 0. The topological polar surface area (TPSA) is 67.9 Å². The summed E-state index contributed by atoms with van der Waals surface area (Å²) in [6, 6.07) is 7.15. The van der Waals surface area contributed by atoms with E-state index in [1.165, 1.54) is 43.4 Å². The van der Waals surface area contributed by atoms with Crippen molar-refractivity contribution in [3.05, 3.63) is 50.8 Å². The minimum Gasteiger partial charge on any atom is -0.493 e. The Kier molecular flexibility index (Phi) is 6.41. The van der Waals surface area contributed by atoms with Gasteiger partial charge in [-0.2, -0.15) is 0 Å². The minimum atomic E-state index is -0.541. The normalized spacial score (nSPS) is 10.2. The van der Waals surface area contributed by atoms with Crippen molar-refractivity contribution in [2.45, 2.75) is 0 Å². The fraction of sp³-hybridized carbons (Fsp3) is 0.222. The van der Waals surface area contributed by atoms with Crippen LogP contribution in [0.25, 0.3) is 0 Å². The third-order valence-electron chi connectivity index (χ3n) is 3.59. The maximum absolute atomic E-state index is 13.7. The highest BCUT2D eigenvalue weighted by molar-refractivity contribution is 14.1. The molecule has 0 aliphatic carbocycles. The van der Waals surface area contributed by atoms with E-state index in [4.69, 9.17) is 9.47 Å². The molecule has 0 bridgehead atoms. The fourth-order valence-electron chi connectivity index (χ4n) is 2.23. The Bertz CT molecular complexity index is 855. The van der Waals surface area contributed by atoms with Crippen molar-refractivity contribution in [1.82, 2.24) is 4.90 Å². The number of nitrogens with one attached hydrogen (secondary N) is 1. The van der Waals surface area contributed by atoms with E-state index in [1.54, 1.807) is 14.1 Å². The number of hydrogen-bond acceptors (Lipinski definition) is 4. The molecule has 2 aromatic carbocycles. The molecule has 0 unspecified atom stereocenters. The van der Waals surface area contributed by atoms with Crippen molar-refractivity contribution < 1.29 is 23.5 Å². The molecule has 0 heterocycles. The lowest BCUT2D eigenvalue weighted by molar-refractivity contribution is 0.0828. The van der Waals surface area contributed by atoms with Crippen molar-refractivity contribution in [3.63, 3.8) is 0 Å². The van der Waals surface area contributed by atoms with Gasteiger partial charge in [-0.25, -0.2) is 4.39 Å². The highest BCUT2D eigenvalue weighted by Gasteiger charge is 2.20. The van der Waals surface area contributed by atoms with Crippen LogP contribution in [0.3, 0.4) is 0 Å². The highest BCUT2D eigenvalue weighted by atomic mass is 127. The Hall–Kier alpha value is -2.36. The molecule has 2 amide bonds. The Labute approximate surface area is 164 Å². The number of carbonyl (C=O) groups excluding carboxylic acids is 2. The SMILES string of the molecule is COc1cc(NC(=O)c2ccc(I)c(F)c2)c(C(=O)N(C)C)cc1OC. The molecule has 0 aliphatic rings. The van der Waals surface area contributed by atoms with E-state index in [9.17, 15) is 14.0 Å². The monoisotopic (exact) mass is 472 g/mol. The van der Waals surface area contributed by atoms with Crippen LogP contribution in [-0.4, -0.2) is 45.0 Å². The average molecular weight is 472 g/mol. The quantitative estimate of drug-likeness (QED) is 0.678. The smallest absolute Gasteiger partial charge is 0.255 e. The first-order valence-corrected chi connectivity index (χ1v) is 8.60. The van der Waals surface area contributed by atoms with E-state index in [1.807, 2.05) is 22.6 Å². The second kappa shape index (κ2) is 8.35. The van der Waals surface area contributed by atoms with Crippen LogP contribution in [0.15, 0.2) is 30.3 Å². The summed E-state index contributed by atoms with van der Waals surface area (Å²) in [5, 5.41) is 2.64. The number of nitrogens with zero attached hydrogens (tertiary/aromatic N) is 1. The van der Waals surface area contributed by atoms with Crippen LogP contribution in [-0.2, 0) is 0 Å². The van der Waals surface area contributed by atoms with Crippen molar-refractivity contribution in [1.29, 1.82) is 0 Å². The van der Waals surface area contributed by atoms with Gasteiger partial charge in [-0.1, -0.05) is 0 Å². The summed E-state index contributed by atoms with van der Waals surface area (Å²) in [5.74, 6) is -0.645. The Morgan fingerprint density at radius 1 is 1.08 bits per heavy atom. The maximum Gasteiger partial charge on any atom is 0.255 e. The van der Waals surface area contributed by atoms with Crippen LogP contribution in [0.4, 0.5) is 10.1 Å². The number of anilines is 1. The summed E-state index contributed by atoms with van der Waals surface area (Å²) in [5.41, 5.74) is 0.609. The zero-order valence-electron chi connectivity index (χ0n) is 14.7. The number of methoxy groups -OCH3 is 2. The summed E-state index contributed by atoms with van der Waals surface area (Å²) in [6.07, 6.45) is 0. The van der Waals surface area contributed by atoms with Gasteiger partial charge in [0.1, 0.15) is 5.82 Å². The Balaban J connectivity index is 2.47. The molecule has 0 fully saturated rings. The van der Waals surface area contributed by atoms with Gasteiger partial charge in [0, 0.05) is 29.3 Å². The molecule has 0 aliphatic heterocycles. The Morgan fingerprint density at radius 2 is 1.69 bits per heavy atom. The molecule has 0 saturated carbocycles. The van der Waals surface area contributed by atoms with Crippen molar-refractivity contribution in [2.24, 2.45) is 0 Å². The molecular formula is C18H18FIN2O4. The molecule has 0 saturated heterocycles. The summed E-state index contributed by atoms with van der Waals surface area (Å²) in [7, 11) is 6.10. The zero-order chi connectivity index (χ0) is 19.4. The second-order valence-corrected chi connectivity index (χ2v) is 6.70. The number of hydrogen-bond donors (Lipinski definition) is 1. The van der Waals surface area contributed by atoms with Gasteiger partial charge in [-0.3, -0.25) is 9.59 Å². The van der Waals surface area contributed by atoms with E-state index in [-0.39, 0.29) is 22.7 Å². The molecule has 2 rings (SSSR count). The highest BCUT2D eigenvalue weighted by Crippen LogP contribution is 2.34. The van der Waals surface area contributed by atoms with Crippen molar-refractivity contribution in [3.8, 4) is 11.5 Å². The zero-order valence-corrected chi connectivity index (χ0v) is 16.9. The van der Waals surface area contributed by atoms with Gasteiger partial charge < -0.3 is 19.7 Å². The van der Waals surface area contributed by atoms with Gasteiger partial charge in [0.15, 0.2) is 11.5 Å². The predicted octanol–water partition coefficient (Wildman–Crippen LogP) is 3.40. The molecule has 138 valence electrons. The molecule has 1 N–H and O–H groups in total. The molecule has 0 spiro atoms. The molecule has 6 nitrogen and oxygen atoms in total. The van der Waals surface area contributed by atoms with Crippen molar-refractivity contribution >= 4 is 40.1 Å². The summed E-state index contributed by atoms with van der Waals surface area (Å²) < 4.78 is 24.6. The van der Waals surface area contributed by atoms with Gasteiger partial charge >= 0.3 is 0 Å². The van der Waals surface area contributed by atoms with E-state index < -0.39 is 11.7 Å². The molecule has 26 heavy (non-hydrogen) atoms. The number of halogens is 2. The van der Waals surface area contributed by atoms with Gasteiger partial charge in [0.25, 0.3) is 11.8 Å². The van der Waals surface area contributed by atoms with Gasteiger partial charge in [-0.15, -0.1) is 0 Å². The molecule has 0 aromatic heterocycles. The standard InChI is InChI=1S/C18H18FIN2O4/c1-22(2)18(24)11-8-15(25-3)16(26-4)9-14(11)21-17(23)10-5-6-13(20)12(19)7-10/h5-9H,1-4H3,(H,21,23). The van der Waals surface area contributed by atoms with Crippen LogP contribution in [0.1, 0.15) is 20.7 Å².